The molecule has 1 aromatic heterocycles. The molecular weight excluding hydrogens is 238 g/mol. The van der Waals surface area contributed by atoms with E-state index in [1.807, 2.05) is 20.8 Å². The first-order valence-corrected chi connectivity index (χ1v) is 6.20. The highest BCUT2D eigenvalue weighted by Gasteiger charge is 2.19. The molecule has 17 heavy (non-hydrogen) atoms. The van der Waals surface area contributed by atoms with Crippen molar-refractivity contribution in [3.63, 3.8) is 0 Å². The summed E-state index contributed by atoms with van der Waals surface area (Å²) in [6.07, 6.45) is 1.69. The molecule has 1 atom stereocenters. The molecule has 4 nitrogen and oxygen atoms in total. The lowest BCUT2D eigenvalue weighted by Crippen LogP contribution is -2.33. The zero-order valence-corrected chi connectivity index (χ0v) is 11.6. The fourth-order valence-corrected chi connectivity index (χ4v) is 1.88. The van der Waals surface area contributed by atoms with E-state index in [0.717, 1.165) is 18.4 Å². The molecule has 0 amide bonds. The molecule has 96 valence electrons. The van der Waals surface area contributed by atoms with Crippen LogP contribution in [0.1, 0.15) is 38.1 Å². The van der Waals surface area contributed by atoms with E-state index in [-0.39, 0.29) is 0 Å². The molecule has 0 bridgehead atoms. The smallest absolute Gasteiger partial charge is 0.137 e. The number of halogens is 1. The van der Waals surface area contributed by atoms with Crippen molar-refractivity contribution in [2.24, 2.45) is 0 Å². The van der Waals surface area contributed by atoms with E-state index in [1.54, 1.807) is 6.92 Å². The predicted octanol–water partition coefficient (Wildman–Crippen LogP) is 2.71. The minimum Gasteiger partial charge on any atom is -0.388 e. The number of nitrogens with zero attached hydrogens (tertiary/aromatic N) is 2. The Balaban J connectivity index is 2.76. The highest BCUT2D eigenvalue weighted by molar-refractivity contribution is 6.30. The van der Waals surface area contributed by atoms with Crippen LogP contribution < -0.4 is 5.32 Å². The van der Waals surface area contributed by atoms with E-state index in [4.69, 9.17) is 11.6 Å². The summed E-state index contributed by atoms with van der Waals surface area (Å²) in [5.41, 5.74) is 0.0801. The Kier molecular flexibility index (Phi) is 4.71. The van der Waals surface area contributed by atoms with E-state index in [2.05, 4.69) is 15.3 Å². The van der Waals surface area contributed by atoms with Gasteiger partial charge in [-0.05, 0) is 27.2 Å². The first-order chi connectivity index (χ1) is 7.85. The van der Waals surface area contributed by atoms with Crippen molar-refractivity contribution in [1.29, 1.82) is 0 Å². The molecule has 0 saturated carbocycles. The summed E-state index contributed by atoms with van der Waals surface area (Å²) in [5, 5.41) is 13.7. The van der Waals surface area contributed by atoms with Crippen LogP contribution in [0.25, 0.3) is 0 Å². The van der Waals surface area contributed by atoms with Gasteiger partial charge in [-0.1, -0.05) is 24.9 Å². The lowest BCUT2D eigenvalue weighted by atomic mass is 10.0. The Labute approximate surface area is 107 Å². The second-order valence-electron chi connectivity index (χ2n) is 4.64. The molecule has 1 rings (SSSR count). The van der Waals surface area contributed by atoms with Gasteiger partial charge in [0.25, 0.3) is 0 Å². The van der Waals surface area contributed by atoms with Gasteiger partial charge in [-0.3, -0.25) is 0 Å². The Hall–Kier alpha value is -0.870. The van der Waals surface area contributed by atoms with Crippen molar-refractivity contribution in [3.05, 3.63) is 16.5 Å². The molecular formula is C12H20ClN3O. The third-order valence-corrected chi connectivity index (χ3v) is 2.99. The fraction of sp³-hybridized carbons (Fsp3) is 0.667. The zero-order chi connectivity index (χ0) is 13.1. The molecule has 2 N–H and O–H groups in total. The van der Waals surface area contributed by atoms with E-state index in [1.165, 1.54) is 0 Å². The molecule has 0 spiro atoms. The molecule has 0 aliphatic carbocycles. The monoisotopic (exact) mass is 257 g/mol. The maximum atomic E-state index is 10.1. The van der Waals surface area contributed by atoms with Crippen LogP contribution >= 0.6 is 11.6 Å². The van der Waals surface area contributed by atoms with Crippen molar-refractivity contribution >= 4 is 17.4 Å². The summed E-state index contributed by atoms with van der Waals surface area (Å²) < 4.78 is 0. The van der Waals surface area contributed by atoms with Crippen molar-refractivity contribution in [3.8, 4) is 0 Å². The summed E-state index contributed by atoms with van der Waals surface area (Å²) in [6.45, 7) is 7.97. The number of aromatic nitrogens is 2. The highest BCUT2D eigenvalue weighted by Crippen LogP contribution is 2.21. The van der Waals surface area contributed by atoms with Gasteiger partial charge in [0, 0.05) is 12.1 Å². The maximum Gasteiger partial charge on any atom is 0.137 e. The number of aliphatic hydroxyl groups is 1. The topological polar surface area (TPSA) is 58.0 Å². The Morgan fingerprint density at radius 2 is 2.00 bits per heavy atom. The van der Waals surface area contributed by atoms with Crippen LogP contribution in [0.5, 0.6) is 0 Å². The minimum atomic E-state index is -0.730. The number of aryl methyl sites for hydroxylation is 1. The zero-order valence-electron chi connectivity index (χ0n) is 10.8. The molecule has 0 radical (unpaired) electrons. The predicted molar refractivity (Wildman–Crippen MR) is 70.5 cm³/mol. The number of anilines is 1. The number of rotatable bonds is 5. The molecule has 1 unspecified atom stereocenters. The minimum absolute atomic E-state index is 0.453. The molecule has 0 fully saturated rings. The standard InChI is InChI=1S/C12H20ClN3O/c1-5-6-12(4,17)7-14-11-8(2)10(13)15-9(3)16-11/h17H,5-7H2,1-4H3,(H,14,15,16). The van der Waals surface area contributed by atoms with Crippen molar-refractivity contribution in [1.82, 2.24) is 9.97 Å². The van der Waals surface area contributed by atoms with Crippen LogP contribution in [0.15, 0.2) is 0 Å². The number of nitrogens with one attached hydrogen (secondary N) is 1. The quantitative estimate of drug-likeness (QED) is 0.797. The van der Waals surface area contributed by atoms with Crippen molar-refractivity contribution in [2.75, 3.05) is 11.9 Å². The van der Waals surface area contributed by atoms with Gasteiger partial charge in [0.15, 0.2) is 0 Å². The third-order valence-electron chi connectivity index (χ3n) is 2.62. The lowest BCUT2D eigenvalue weighted by molar-refractivity contribution is 0.0636. The Bertz CT molecular complexity index is 394. The first kappa shape index (κ1) is 14.2. The second kappa shape index (κ2) is 5.65. The average molecular weight is 258 g/mol. The summed E-state index contributed by atoms with van der Waals surface area (Å²) in [6, 6.07) is 0. The third kappa shape index (κ3) is 4.13. The molecule has 1 aromatic rings. The average Bonchev–Trinajstić information content (AvgIpc) is 2.21. The molecule has 0 aliphatic rings. The summed E-state index contributed by atoms with van der Waals surface area (Å²) in [4.78, 5) is 8.35. The van der Waals surface area contributed by atoms with E-state index >= 15 is 0 Å². The van der Waals surface area contributed by atoms with Gasteiger partial charge in [-0.2, -0.15) is 0 Å². The molecule has 0 aromatic carbocycles. The van der Waals surface area contributed by atoms with Crippen LogP contribution in [0.4, 0.5) is 5.82 Å². The van der Waals surface area contributed by atoms with Gasteiger partial charge >= 0.3 is 0 Å². The van der Waals surface area contributed by atoms with E-state index in [9.17, 15) is 5.11 Å². The largest absolute Gasteiger partial charge is 0.388 e. The van der Waals surface area contributed by atoms with Crippen molar-refractivity contribution < 1.29 is 5.11 Å². The lowest BCUT2D eigenvalue weighted by Gasteiger charge is -2.23. The van der Waals surface area contributed by atoms with Gasteiger partial charge in [-0.15, -0.1) is 0 Å². The van der Waals surface area contributed by atoms with Gasteiger partial charge < -0.3 is 10.4 Å². The van der Waals surface area contributed by atoms with Gasteiger partial charge in [0.2, 0.25) is 0 Å². The highest BCUT2D eigenvalue weighted by atomic mass is 35.5. The van der Waals surface area contributed by atoms with Crippen molar-refractivity contribution in [2.45, 2.75) is 46.1 Å². The van der Waals surface area contributed by atoms with Gasteiger partial charge in [-0.25, -0.2) is 9.97 Å². The Morgan fingerprint density at radius 3 is 2.59 bits per heavy atom. The Morgan fingerprint density at radius 1 is 1.35 bits per heavy atom. The molecule has 0 saturated heterocycles. The van der Waals surface area contributed by atoms with Crippen LogP contribution in [0, 0.1) is 13.8 Å². The summed E-state index contributed by atoms with van der Waals surface area (Å²) in [5.74, 6) is 1.32. The molecule has 1 heterocycles. The summed E-state index contributed by atoms with van der Waals surface area (Å²) >= 11 is 5.98. The van der Waals surface area contributed by atoms with Crippen LogP contribution in [0.2, 0.25) is 5.15 Å². The van der Waals surface area contributed by atoms with Gasteiger partial charge in [0.1, 0.15) is 16.8 Å². The second-order valence-corrected chi connectivity index (χ2v) is 4.99. The maximum absolute atomic E-state index is 10.1. The number of hydrogen-bond donors (Lipinski definition) is 2. The van der Waals surface area contributed by atoms with Crippen LogP contribution in [0.3, 0.4) is 0 Å². The van der Waals surface area contributed by atoms with Crippen LogP contribution in [-0.4, -0.2) is 27.2 Å². The van der Waals surface area contributed by atoms with E-state index < -0.39 is 5.60 Å². The summed E-state index contributed by atoms with van der Waals surface area (Å²) in [7, 11) is 0. The van der Waals surface area contributed by atoms with E-state index in [0.29, 0.717) is 23.3 Å². The fourth-order valence-electron chi connectivity index (χ4n) is 1.67. The first-order valence-electron chi connectivity index (χ1n) is 5.82. The SMILES string of the molecule is CCCC(C)(O)CNc1nc(C)nc(Cl)c1C. The van der Waals surface area contributed by atoms with Gasteiger partial charge in [0.05, 0.1) is 5.60 Å². The molecule has 5 heteroatoms. The molecule has 0 aliphatic heterocycles. The normalized spacial score (nSPS) is 14.5. The van der Waals surface area contributed by atoms with Crippen LogP contribution in [-0.2, 0) is 0 Å². The number of hydrogen-bond acceptors (Lipinski definition) is 4.